The maximum absolute atomic E-state index is 12.7. The highest BCUT2D eigenvalue weighted by atomic mass is 32.1. The third-order valence-electron chi connectivity index (χ3n) is 4.33. The van der Waals surface area contributed by atoms with E-state index >= 15 is 0 Å². The Balaban J connectivity index is 1.85. The molecule has 0 radical (unpaired) electrons. The highest BCUT2D eigenvalue weighted by molar-refractivity contribution is 7.09. The Kier molecular flexibility index (Phi) is 6.26. The number of nitrogens with zero attached hydrogens (tertiary/aromatic N) is 2. The molecule has 0 saturated carbocycles. The molecule has 3 aromatic rings. The van der Waals surface area contributed by atoms with Gasteiger partial charge in [-0.2, -0.15) is 4.99 Å². The van der Waals surface area contributed by atoms with Crippen molar-refractivity contribution < 1.29 is 14.0 Å². The predicted octanol–water partition coefficient (Wildman–Crippen LogP) is 3.77. The Morgan fingerprint density at radius 3 is 2.61 bits per heavy atom. The van der Waals surface area contributed by atoms with Gasteiger partial charge in [-0.25, -0.2) is 0 Å². The summed E-state index contributed by atoms with van der Waals surface area (Å²) in [6, 6.07) is 10.4. The van der Waals surface area contributed by atoms with Crippen LogP contribution in [0.25, 0.3) is 0 Å². The summed E-state index contributed by atoms with van der Waals surface area (Å²) in [6.07, 6.45) is 4.02. The summed E-state index contributed by atoms with van der Waals surface area (Å²) in [7, 11) is 0. The van der Waals surface area contributed by atoms with Crippen LogP contribution in [-0.2, 0) is 11.3 Å². The molecule has 146 valence electrons. The minimum Gasteiger partial charge on any atom is -0.467 e. The lowest BCUT2D eigenvalue weighted by molar-refractivity contribution is -0.124. The fraction of sp³-hybridized carbons (Fsp3) is 0.286. The van der Waals surface area contributed by atoms with E-state index < -0.39 is 6.04 Å². The molecule has 1 aromatic carbocycles. The number of thiazole rings is 1. The molecule has 0 spiro atoms. The Labute approximate surface area is 167 Å². The molecule has 2 aromatic heterocycles. The van der Waals surface area contributed by atoms with Gasteiger partial charge in [0.1, 0.15) is 11.8 Å². The van der Waals surface area contributed by atoms with Crippen LogP contribution in [-0.4, -0.2) is 16.4 Å². The van der Waals surface area contributed by atoms with Gasteiger partial charge < -0.3 is 14.3 Å². The van der Waals surface area contributed by atoms with Gasteiger partial charge in [-0.05, 0) is 44.5 Å². The molecule has 0 fully saturated rings. The van der Waals surface area contributed by atoms with E-state index in [0.29, 0.717) is 29.1 Å². The first kappa shape index (κ1) is 19.8. The lowest BCUT2D eigenvalue weighted by Crippen LogP contribution is -2.35. The van der Waals surface area contributed by atoms with E-state index in [9.17, 15) is 9.59 Å². The molecule has 0 aliphatic heterocycles. The molecule has 1 N–H and O–H groups in total. The van der Waals surface area contributed by atoms with Crippen molar-refractivity contribution in [1.29, 1.82) is 0 Å². The van der Waals surface area contributed by atoms with Gasteiger partial charge in [0.2, 0.25) is 5.91 Å². The van der Waals surface area contributed by atoms with E-state index in [1.165, 1.54) is 11.3 Å². The van der Waals surface area contributed by atoms with E-state index in [1.807, 2.05) is 45.2 Å². The Bertz CT molecular complexity index is 1010. The maximum Gasteiger partial charge on any atom is 0.279 e. The highest BCUT2D eigenvalue weighted by Gasteiger charge is 2.20. The van der Waals surface area contributed by atoms with Crippen molar-refractivity contribution in [3.05, 3.63) is 75.4 Å². The average Bonchev–Trinajstić information content (AvgIpc) is 3.31. The van der Waals surface area contributed by atoms with Crippen LogP contribution >= 0.6 is 11.3 Å². The number of benzene rings is 1. The third-order valence-corrected chi connectivity index (χ3v) is 5.24. The Morgan fingerprint density at radius 1 is 1.21 bits per heavy atom. The summed E-state index contributed by atoms with van der Waals surface area (Å²) in [6.45, 7) is 6.16. The second-order valence-electron chi connectivity index (χ2n) is 6.54. The van der Waals surface area contributed by atoms with E-state index in [1.54, 1.807) is 29.0 Å². The number of hydrogen-bond acceptors (Lipinski definition) is 4. The fourth-order valence-electron chi connectivity index (χ4n) is 2.84. The first-order chi connectivity index (χ1) is 13.5. The number of carbonyl (C=O) groups excluding carboxylic acids is 2. The summed E-state index contributed by atoms with van der Waals surface area (Å²) >= 11 is 1.39. The SMILES string of the molecule is CC[C@@H](C(=O)NCc1ccco1)n1cc(C)sc1=NC(=O)c1ccc(C)cc1. The summed E-state index contributed by atoms with van der Waals surface area (Å²) < 4.78 is 7.04. The lowest BCUT2D eigenvalue weighted by atomic mass is 10.1. The van der Waals surface area contributed by atoms with Gasteiger partial charge in [-0.15, -0.1) is 11.3 Å². The summed E-state index contributed by atoms with van der Waals surface area (Å²) in [4.78, 5) is 31.1. The molecule has 1 atom stereocenters. The molecule has 0 saturated heterocycles. The van der Waals surface area contributed by atoms with E-state index in [-0.39, 0.29) is 11.8 Å². The van der Waals surface area contributed by atoms with Gasteiger partial charge in [0.25, 0.3) is 5.91 Å². The third kappa shape index (κ3) is 4.67. The topological polar surface area (TPSA) is 76.6 Å². The Hall–Kier alpha value is -2.93. The Morgan fingerprint density at radius 2 is 1.96 bits per heavy atom. The zero-order chi connectivity index (χ0) is 20.1. The van der Waals surface area contributed by atoms with Crippen LogP contribution in [0, 0.1) is 13.8 Å². The van der Waals surface area contributed by atoms with Crippen LogP contribution in [0.4, 0.5) is 0 Å². The summed E-state index contributed by atoms with van der Waals surface area (Å²) in [5.41, 5.74) is 1.61. The molecular formula is C21H23N3O3S. The molecule has 2 amide bonds. The van der Waals surface area contributed by atoms with Crippen molar-refractivity contribution >= 4 is 23.2 Å². The van der Waals surface area contributed by atoms with Gasteiger partial charge in [0.15, 0.2) is 4.80 Å². The number of furan rings is 1. The second kappa shape index (κ2) is 8.84. The van der Waals surface area contributed by atoms with Crippen LogP contribution in [0.5, 0.6) is 0 Å². The highest BCUT2D eigenvalue weighted by Crippen LogP contribution is 2.14. The largest absolute Gasteiger partial charge is 0.467 e. The van der Waals surface area contributed by atoms with E-state index in [2.05, 4.69) is 10.3 Å². The van der Waals surface area contributed by atoms with Crippen molar-refractivity contribution in [1.82, 2.24) is 9.88 Å². The lowest BCUT2D eigenvalue weighted by Gasteiger charge is -2.16. The molecule has 6 nitrogen and oxygen atoms in total. The van der Waals surface area contributed by atoms with Crippen molar-refractivity contribution in [2.45, 2.75) is 39.8 Å². The standard InChI is InChI=1S/C21H23N3O3S/c1-4-18(20(26)22-12-17-6-5-11-27-17)24-13-15(3)28-21(24)23-19(25)16-9-7-14(2)8-10-16/h5-11,13,18H,4,12H2,1-3H3,(H,22,26)/t18-/m0/s1. The quantitative estimate of drug-likeness (QED) is 0.688. The smallest absolute Gasteiger partial charge is 0.279 e. The van der Waals surface area contributed by atoms with Crippen LogP contribution in [0.2, 0.25) is 0 Å². The maximum atomic E-state index is 12.7. The minimum absolute atomic E-state index is 0.138. The molecule has 0 bridgehead atoms. The van der Waals surface area contributed by atoms with Gasteiger partial charge in [-0.3, -0.25) is 9.59 Å². The van der Waals surface area contributed by atoms with Crippen LogP contribution in [0.1, 0.15) is 45.9 Å². The summed E-state index contributed by atoms with van der Waals surface area (Å²) in [5, 5.41) is 2.89. The number of aryl methyl sites for hydroxylation is 2. The minimum atomic E-state index is -0.454. The number of aromatic nitrogens is 1. The van der Waals surface area contributed by atoms with Crippen LogP contribution in [0.3, 0.4) is 0 Å². The van der Waals surface area contributed by atoms with E-state index in [0.717, 1.165) is 10.4 Å². The zero-order valence-electron chi connectivity index (χ0n) is 16.1. The monoisotopic (exact) mass is 397 g/mol. The molecule has 28 heavy (non-hydrogen) atoms. The molecule has 7 heteroatoms. The molecule has 0 aliphatic rings. The number of rotatable bonds is 6. The number of hydrogen-bond donors (Lipinski definition) is 1. The van der Waals surface area contributed by atoms with Gasteiger partial charge in [-0.1, -0.05) is 24.6 Å². The molecule has 3 rings (SSSR count). The van der Waals surface area contributed by atoms with Crippen LogP contribution in [0.15, 0.2) is 58.3 Å². The molecule has 2 heterocycles. The number of carbonyl (C=O) groups is 2. The summed E-state index contributed by atoms with van der Waals surface area (Å²) in [5.74, 6) is 0.233. The molecule has 0 unspecified atom stereocenters. The van der Waals surface area contributed by atoms with Gasteiger partial charge in [0, 0.05) is 16.6 Å². The molecular weight excluding hydrogens is 374 g/mol. The van der Waals surface area contributed by atoms with Crippen molar-refractivity contribution in [2.75, 3.05) is 0 Å². The van der Waals surface area contributed by atoms with Crippen molar-refractivity contribution in [3.63, 3.8) is 0 Å². The second-order valence-corrected chi connectivity index (χ2v) is 7.75. The molecule has 0 aliphatic carbocycles. The first-order valence-corrected chi connectivity index (χ1v) is 9.94. The zero-order valence-corrected chi connectivity index (χ0v) is 17.0. The van der Waals surface area contributed by atoms with Gasteiger partial charge >= 0.3 is 0 Å². The van der Waals surface area contributed by atoms with E-state index in [4.69, 9.17) is 4.42 Å². The number of amides is 2. The number of nitrogens with one attached hydrogen (secondary N) is 1. The fourth-order valence-corrected chi connectivity index (χ4v) is 3.71. The van der Waals surface area contributed by atoms with Gasteiger partial charge in [0.05, 0.1) is 12.8 Å². The predicted molar refractivity (Wildman–Crippen MR) is 108 cm³/mol. The van der Waals surface area contributed by atoms with Crippen LogP contribution < -0.4 is 10.1 Å². The normalized spacial score (nSPS) is 12.8. The average molecular weight is 398 g/mol. The first-order valence-electron chi connectivity index (χ1n) is 9.12. The van der Waals surface area contributed by atoms with Crippen molar-refractivity contribution in [3.8, 4) is 0 Å². The van der Waals surface area contributed by atoms with Crippen molar-refractivity contribution in [2.24, 2.45) is 4.99 Å².